The molecule has 0 atom stereocenters. The molecule has 3 rings (SSSR count). The summed E-state index contributed by atoms with van der Waals surface area (Å²) in [6.45, 7) is 2.01. The van der Waals surface area contributed by atoms with E-state index in [1.807, 2.05) is 13.0 Å². The van der Waals surface area contributed by atoms with Crippen LogP contribution in [0, 0.1) is 0 Å². The molecule has 0 saturated carbocycles. The fourth-order valence-corrected chi connectivity index (χ4v) is 2.76. The molecule has 3 aromatic rings. The number of nitrogens with two attached hydrogens (primary N) is 1. The van der Waals surface area contributed by atoms with E-state index in [1.165, 1.54) is 10.1 Å². The lowest BCUT2D eigenvalue weighted by atomic mass is 10.2. The van der Waals surface area contributed by atoms with E-state index in [1.54, 1.807) is 17.4 Å². The van der Waals surface area contributed by atoms with Crippen molar-refractivity contribution in [2.75, 3.05) is 10.7 Å². The second kappa shape index (κ2) is 5.44. The van der Waals surface area contributed by atoms with Crippen LogP contribution in [0.2, 0.25) is 0 Å². The molecule has 5 nitrogen and oxygen atoms in total. The lowest BCUT2D eigenvalue weighted by molar-refractivity contribution is 0.941. The number of hydrogen-bond donors (Lipinski definition) is 3. The molecule has 2 aromatic heterocycles. The van der Waals surface area contributed by atoms with Crippen molar-refractivity contribution >= 4 is 38.7 Å². The number of anilines is 3. The number of hydrogen-bond acceptors (Lipinski definition) is 6. The van der Waals surface area contributed by atoms with Gasteiger partial charge in [-0.15, -0.1) is 11.3 Å². The van der Waals surface area contributed by atoms with Crippen LogP contribution in [0.15, 0.2) is 35.7 Å². The number of hydrazine groups is 1. The summed E-state index contributed by atoms with van der Waals surface area (Å²) in [4.78, 5) is 8.72. The van der Waals surface area contributed by atoms with Gasteiger partial charge in [0.05, 0.1) is 0 Å². The average molecular weight is 285 g/mol. The van der Waals surface area contributed by atoms with Crippen LogP contribution in [0.25, 0.3) is 10.1 Å². The van der Waals surface area contributed by atoms with Crippen LogP contribution in [0.3, 0.4) is 0 Å². The first-order chi connectivity index (χ1) is 9.78. The van der Waals surface area contributed by atoms with E-state index < -0.39 is 0 Å². The van der Waals surface area contributed by atoms with Crippen molar-refractivity contribution in [3.63, 3.8) is 0 Å². The number of aryl methyl sites for hydroxylation is 1. The van der Waals surface area contributed by atoms with Crippen LogP contribution in [-0.2, 0) is 6.42 Å². The Bertz CT molecular complexity index is 715. The highest BCUT2D eigenvalue weighted by molar-refractivity contribution is 7.17. The minimum absolute atomic E-state index is 0.607. The lowest BCUT2D eigenvalue weighted by Crippen LogP contribution is -2.11. The van der Waals surface area contributed by atoms with Crippen LogP contribution >= 0.6 is 11.3 Å². The van der Waals surface area contributed by atoms with Crippen LogP contribution in [0.1, 0.15) is 12.7 Å². The van der Waals surface area contributed by atoms with Gasteiger partial charge in [0.25, 0.3) is 0 Å². The number of benzene rings is 1. The Labute approximate surface area is 120 Å². The maximum absolute atomic E-state index is 5.43. The number of fused-ring (bicyclic) bond motifs is 1. The Morgan fingerprint density at radius 2 is 2.00 bits per heavy atom. The third-order valence-corrected chi connectivity index (χ3v) is 3.86. The predicted octanol–water partition coefficient (Wildman–Crippen LogP) is 3.28. The minimum atomic E-state index is 0.607. The second-order valence-electron chi connectivity index (χ2n) is 4.35. The molecule has 0 aliphatic carbocycles. The summed E-state index contributed by atoms with van der Waals surface area (Å²) >= 11 is 1.73. The number of nitrogens with one attached hydrogen (secondary N) is 2. The van der Waals surface area contributed by atoms with E-state index in [0.29, 0.717) is 5.82 Å². The lowest BCUT2D eigenvalue weighted by Gasteiger charge is -2.09. The summed E-state index contributed by atoms with van der Waals surface area (Å²) in [6.07, 6.45) is 0.758. The minimum Gasteiger partial charge on any atom is -0.340 e. The largest absolute Gasteiger partial charge is 0.340 e. The van der Waals surface area contributed by atoms with E-state index in [-0.39, 0.29) is 0 Å². The average Bonchev–Trinajstić information content (AvgIpc) is 2.94. The van der Waals surface area contributed by atoms with Crippen molar-refractivity contribution in [2.24, 2.45) is 5.84 Å². The van der Waals surface area contributed by atoms with E-state index in [0.717, 1.165) is 23.8 Å². The zero-order valence-corrected chi connectivity index (χ0v) is 11.9. The fraction of sp³-hybridized carbons (Fsp3) is 0.143. The predicted molar refractivity (Wildman–Crippen MR) is 84.3 cm³/mol. The second-order valence-corrected chi connectivity index (χ2v) is 5.30. The molecule has 2 heterocycles. The van der Waals surface area contributed by atoms with Crippen molar-refractivity contribution in [3.05, 3.63) is 41.5 Å². The van der Waals surface area contributed by atoms with Gasteiger partial charge in [0.2, 0.25) is 0 Å². The van der Waals surface area contributed by atoms with Crippen LogP contribution in [-0.4, -0.2) is 9.97 Å². The number of aromatic nitrogens is 2. The smallest absolute Gasteiger partial charge is 0.145 e. The third-order valence-electron chi connectivity index (χ3n) is 2.96. The van der Waals surface area contributed by atoms with Gasteiger partial charge in [-0.05, 0) is 35.0 Å². The van der Waals surface area contributed by atoms with Gasteiger partial charge in [-0.2, -0.15) is 0 Å². The molecular formula is C14H15N5S. The van der Waals surface area contributed by atoms with Crippen LogP contribution in [0.4, 0.5) is 17.3 Å². The summed E-state index contributed by atoms with van der Waals surface area (Å²) < 4.78 is 1.27. The van der Waals surface area contributed by atoms with Gasteiger partial charge in [0.1, 0.15) is 17.5 Å². The zero-order valence-electron chi connectivity index (χ0n) is 11.1. The quantitative estimate of drug-likeness (QED) is 0.506. The van der Waals surface area contributed by atoms with Crippen molar-refractivity contribution in [1.29, 1.82) is 0 Å². The SMILES string of the molecule is CCc1nc(NN)cc(Nc2ccc3sccc3c2)n1. The molecule has 1 aromatic carbocycles. The van der Waals surface area contributed by atoms with Gasteiger partial charge in [0.15, 0.2) is 0 Å². The molecular weight excluding hydrogens is 270 g/mol. The molecule has 20 heavy (non-hydrogen) atoms. The summed E-state index contributed by atoms with van der Waals surface area (Å²) in [5.74, 6) is 7.52. The van der Waals surface area contributed by atoms with Gasteiger partial charge in [-0.25, -0.2) is 15.8 Å². The summed E-state index contributed by atoms with van der Waals surface area (Å²) in [5, 5.41) is 6.61. The Balaban J connectivity index is 1.92. The Kier molecular flexibility index (Phi) is 3.49. The molecule has 4 N–H and O–H groups in total. The van der Waals surface area contributed by atoms with Gasteiger partial charge < -0.3 is 10.7 Å². The molecule has 102 valence electrons. The van der Waals surface area contributed by atoms with Crippen molar-refractivity contribution in [3.8, 4) is 0 Å². The van der Waals surface area contributed by atoms with E-state index in [2.05, 4.69) is 44.3 Å². The number of thiophene rings is 1. The molecule has 0 fully saturated rings. The first kappa shape index (κ1) is 12.8. The molecule has 6 heteroatoms. The Hall–Kier alpha value is -2.18. The van der Waals surface area contributed by atoms with Crippen molar-refractivity contribution in [1.82, 2.24) is 9.97 Å². The molecule has 0 bridgehead atoms. The Morgan fingerprint density at radius 3 is 2.80 bits per heavy atom. The number of rotatable bonds is 4. The first-order valence-electron chi connectivity index (χ1n) is 6.37. The first-order valence-corrected chi connectivity index (χ1v) is 7.25. The normalized spacial score (nSPS) is 10.7. The van der Waals surface area contributed by atoms with Gasteiger partial charge in [-0.1, -0.05) is 6.92 Å². The van der Waals surface area contributed by atoms with E-state index in [9.17, 15) is 0 Å². The third kappa shape index (κ3) is 2.56. The standard InChI is InChI=1S/C14H15N5S/c1-2-12-17-13(8-14(18-12)19-15)16-10-3-4-11-9(7-10)5-6-20-11/h3-8H,2,15H2,1H3,(H2,16,17,18,19). The highest BCUT2D eigenvalue weighted by atomic mass is 32.1. The molecule has 0 spiro atoms. The fourth-order valence-electron chi connectivity index (χ4n) is 1.99. The molecule has 0 aliphatic heterocycles. The van der Waals surface area contributed by atoms with Crippen LogP contribution < -0.4 is 16.6 Å². The number of nitrogens with zero attached hydrogens (tertiary/aromatic N) is 2. The maximum Gasteiger partial charge on any atom is 0.145 e. The van der Waals surface area contributed by atoms with E-state index in [4.69, 9.17) is 5.84 Å². The van der Waals surface area contributed by atoms with Gasteiger partial charge in [-0.3, -0.25) is 0 Å². The number of nitrogen functional groups attached to an aromatic ring is 1. The van der Waals surface area contributed by atoms with Gasteiger partial charge in [0, 0.05) is 22.9 Å². The maximum atomic E-state index is 5.43. The highest BCUT2D eigenvalue weighted by Gasteiger charge is 2.04. The molecule has 0 saturated heterocycles. The topological polar surface area (TPSA) is 75.9 Å². The van der Waals surface area contributed by atoms with Crippen LogP contribution in [0.5, 0.6) is 0 Å². The van der Waals surface area contributed by atoms with E-state index >= 15 is 0 Å². The Morgan fingerprint density at radius 1 is 1.15 bits per heavy atom. The monoisotopic (exact) mass is 285 g/mol. The summed E-state index contributed by atoms with van der Waals surface area (Å²) in [7, 11) is 0. The van der Waals surface area contributed by atoms with Crippen molar-refractivity contribution < 1.29 is 0 Å². The molecule has 0 unspecified atom stereocenters. The molecule has 0 radical (unpaired) electrons. The zero-order chi connectivity index (χ0) is 13.9. The summed E-state index contributed by atoms with van der Waals surface area (Å²) in [6, 6.07) is 10.1. The summed E-state index contributed by atoms with van der Waals surface area (Å²) in [5.41, 5.74) is 3.56. The van der Waals surface area contributed by atoms with Crippen molar-refractivity contribution in [2.45, 2.75) is 13.3 Å². The molecule has 0 amide bonds. The highest BCUT2D eigenvalue weighted by Crippen LogP contribution is 2.26. The van der Waals surface area contributed by atoms with Gasteiger partial charge >= 0.3 is 0 Å². The molecule has 0 aliphatic rings.